The molecule has 3 aromatic rings. The zero-order valence-corrected chi connectivity index (χ0v) is 16.2. The molecule has 0 saturated carbocycles. The van der Waals surface area contributed by atoms with Gasteiger partial charge in [-0.05, 0) is 48.2 Å². The van der Waals surface area contributed by atoms with Crippen LogP contribution in [-0.2, 0) is 13.7 Å². The molecule has 1 aromatic heterocycles. The van der Waals surface area contributed by atoms with Gasteiger partial charge in [-0.15, -0.1) is 0 Å². The molecule has 0 bridgehead atoms. The summed E-state index contributed by atoms with van der Waals surface area (Å²) in [4.78, 5) is 12.5. The molecule has 0 unspecified atom stereocenters. The van der Waals surface area contributed by atoms with E-state index in [0.717, 1.165) is 22.7 Å². The molecule has 0 atom stereocenters. The molecule has 1 N–H and O–H groups in total. The Kier molecular flexibility index (Phi) is 5.60. The Bertz CT molecular complexity index is 927. The Balaban J connectivity index is 1.64. The van der Waals surface area contributed by atoms with Gasteiger partial charge < -0.3 is 10.1 Å². The van der Waals surface area contributed by atoms with Crippen molar-refractivity contribution in [2.24, 2.45) is 7.05 Å². The molecule has 0 aliphatic heterocycles. The molecule has 3 rings (SSSR count). The molecule has 1 amide bonds. The highest BCUT2D eigenvalue weighted by Crippen LogP contribution is 2.20. The van der Waals surface area contributed by atoms with Gasteiger partial charge in [0, 0.05) is 12.6 Å². The van der Waals surface area contributed by atoms with Crippen LogP contribution in [0.25, 0.3) is 0 Å². The maximum Gasteiger partial charge on any atom is 0.255 e. The number of anilines is 1. The largest absolute Gasteiger partial charge is 0.489 e. The number of carbonyl (C=O) groups excluding carboxylic acids is 1. The van der Waals surface area contributed by atoms with Gasteiger partial charge in [-0.2, -0.15) is 5.10 Å². The Hall–Kier alpha value is -3.08. The molecular formula is C22H25N3O2. The van der Waals surface area contributed by atoms with Crippen LogP contribution in [0.4, 0.5) is 5.69 Å². The number of aromatic nitrogens is 2. The number of nitrogens with zero attached hydrogens (tertiary/aromatic N) is 2. The summed E-state index contributed by atoms with van der Waals surface area (Å²) in [5.74, 6) is 1.16. The number of benzene rings is 2. The first-order chi connectivity index (χ1) is 12.9. The van der Waals surface area contributed by atoms with Crippen LogP contribution < -0.4 is 10.1 Å². The number of rotatable bonds is 6. The summed E-state index contributed by atoms with van der Waals surface area (Å²) >= 11 is 0. The lowest BCUT2D eigenvalue weighted by Gasteiger charge is -2.10. The van der Waals surface area contributed by atoms with E-state index in [-0.39, 0.29) is 5.91 Å². The van der Waals surface area contributed by atoms with E-state index < -0.39 is 0 Å². The average molecular weight is 363 g/mol. The van der Waals surface area contributed by atoms with Gasteiger partial charge in [0.1, 0.15) is 12.4 Å². The second-order valence-electron chi connectivity index (χ2n) is 6.93. The Morgan fingerprint density at radius 1 is 1.19 bits per heavy atom. The summed E-state index contributed by atoms with van der Waals surface area (Å²) in [5, 5.41) is 7.04. The van der Waals surface area contributed by atoms with Crippen molar-refractivity contribution in [3.05, 3.63) is 77.1 Å². The fourth-order valence-corrected chi connectivity index (χ4v) is 2.73. The Morgan fingerprint density at radius 2 is 1.93 bits per heavy atom. The highest BCUT2D eigenvalue weighted by atomic mass is 16.5. The minimum atomic E-state index is -0.158. The van der Waals surface area contributed by atoms with Crippen molar-refractivity contribution in [2.75, 3.05) is 5.32 Å². The minimum absolute atomic E-state index is 0.158. The van der Waals surface area contributed by atoms with E-state index in [0.29, 0.717) is 18.1 Å². The SMILES string of the molecule is Cc1c(NC(=O)c2cccc(COc3ccc(C(C)C)cc3)c2)cnn1C. The van der Waals surface area contributed by atoms with Crippen LogP contribution in [0.1, 0.15) is 46.9 Å². The predicted octanol–water partition coefficient (Wildman–Crippen LogP) is 4.68. The first-order valence-electron chi connectivity index (χ1n) is 9.05. The van der Waals surface area contributed by atoms with Crippen LogP contribution >= 0.6 is 0 Å². The van der Waals surface area contributed by atoms with Crippen molar-refractivity contribution in [3.8, 4) is 5.75 Å². The first kappa shape index (κ1) is 18.7. The van der Waals surface area contributed by atoms with Crippen molar-refractivity contribution >= 4 is 11.6 Å². The quantitative estimate of drug-likeness (QED) is 0.692. The van der Waals surface area contributed by atoms with Crippen molar-refractivity contribution in [3.63, 3.8) is 0 Å². The van der Waals surface area contributed by atoms with Gasteiger partial charge in [0.15, 0.2) is 0 Å². The molecule has 0 radical (unpaired) electrons. The van der Waals surface area contributed by atoms with Crippen molar-refractivity contribution < 1.29 is 9.53 Å². The number of aryl methyl sites for hydroxylation is 1. The zero-order chi connectivity index (χ0) is 19.4. The molecule has 140 valence electrons. The van der Waals surface area contributed by atoms with Crippen LogP contribution in [0, 0.1) is 6.92 Å². The van der Waals surface area contributed by atoms with Crippen molar-refractivity contribution in [1.82, 2.24) is 9.78 Å². The topological polar surface area (TPSA) is 56.1 Å². The van der Waals surface area contributed by atoms with E-state index in [1.54, 1.807) is 16.9 Å². The molecule has 5 nitrogen and oxygen atoms in total. The summed E-state index contributed by atoms with van der Waals surface area (Å²) in [6.07, 6.45) is 1.65. The van der Waals surface area contributed by atoms with Crippen molar-refractivity contribution in [1.29, 1.82) is 0 Å². The third-order valence-corrected chi connectivity index (χ3v) is 4.62. The molecule has 0 fully saturated rings. The lowest BCUT2D eigenvalue weighted by atomic mass is 10.0. The molecule has 27 heavy (non-hydrogen) atoms. The molecule has 0 aliphatic rings. The normalized spacial score (nSPS) is 10.9. The lowest BCUT2D eigenvalue weighted by molar-refractivity contribution is 0.102. The van der Waals surface area contributed by atoms with Crippen LogP contribution in [0.5, 0.6) is 5.75 Å². The summed E-state index contributed by atoms with van der Waals surface area (Å²) in [6, 6.07) is 15.6. The molecule has 0 spiro atoms. The van der Waals surface area contributed by atoms with E-state index in [9.17, 15) is 4.79 Å². The smallest absolute Gasteiger partial charge is 0.255 e. The summed E-state index contributed by atoms with van der Waals surface area (Å²) in [7, 11) is 1.84. The van der Waals surface area contributed by atoms with Gasteiger partial charge in [-0.3, -0.25) is 9.48 Å². The van der Waals surface area contributed by atoms with Crippen LogP contribution in [0.2, 0.25) is 0 Å². The molecular weight excluding hydrogens is 338 g/mol. The Labute approximate surface area is 160 Å². The Morgan fingerprint density at radius 3 is 2.56 bits per heavy atom. The molecule has 0 aliphatic carbocycles. The highest BCUT2D eigenvalue weighted by molar-refractivity contribution is 6.04. The number of hydrogen-bond acceptors (Lipinski definition) is 3. The summed E-state index contributed by atoms with van der Waals surface area (Å²) in [6.45, 7) is 6.66. The summed E-state index contributed by atoms with van der Waals surface area (Å²) in [5.41, 5.74) is 4.45. The van der Waals surface area contributed by atoms with Gasteiger partial charge in [0.2, 0.25) is 0 Å². The van der Waals surface area contributed by atoms with E-state index in [2.05, 4.69) is 36.4 Å². The number of hydrogen-bond donors (Lipinski definition) is 1. The second-order valence-corrected chi connectivity index (χ2v) is 6.93. The van der Waals surface area contributed by atoms with Gasteiger partial charge in [0.25, 0.3) is 5.91 Å². The second kappa shape index (κ2) is 8.08. The maximum absolute atomic E-state index is 12.5. The van der Waals surface area contributed by atoms with Crippen LogP contribution in [0.3, 0.4) is 0 Å². The maximum atomic E-state index is 12.5. The van der Waals surface area contributed by atoms with E-state index in [1.807, 2.05) is 44.3 Å². The number of carbonyl (C=O) groups is 1. The van der Waals surface area contributed by atoms with E-state index >= 15 is 0 Å². The van der Waals surface area contributed by atoms with E-state index in [1.165, 1.54) is 5.56 Å². The van der Waals surface area contributed by atoms with Crippen LogP contribution in [-0.4, -0.2) is 15.7 Å². The van der Waals surface area contributed by atoms with Gasteiger partial charge in [0.05, 0.1) is 17.6 Å². The number of nitrogens with one attached hydrogen (secondary N) is 1. The van der Waals surface area contributed by atoms with Gasteiger partial charge >= 0.3 is 0 Å². The standard InChI is InChI=1S/C22H25N3O2/c1-15(2)18-8-10-20(11-9-18)27-14-17-6-5-7-19(12-17)22(26)24-21-13-23-25(4)16(21)3/h5-13,15H,14H2,1-4H3,(H,24,26). The summed E-state index contributed by atoms with van der Waals surface area (Å²) < 4.78 is 7.58. The predicted molar refractivity (Wildman–Crippen MR) is 107 cm³/mol. The molecule has 2 aromatic carbocycles. The molecule has 5 heteroatoms. The number of amides is 1. The van der Waals surface area contributed by atoms with Gasteiger partial charge in [-0.1, -0.05) is 38.1 Å². The van der Waals surface area contributed by atoms with Crippen LogP contribution in [0.15, 0.2) is 54.7 Å². The fourth-order valence-electron chi connectivity index (χ4n) is 2.73. The van der Waals surface area contributed by atoms with E-state index in [4.69, 9.17) is 4.74 Å². The molecule has 1 heterocycles. The van der Waals surface area contributed by atoms with Gasteiger partial charge in [-0.25, -0.2) is 0 Å². The average Bonchev–Trinajstić information content (AvgIpc) is 2.99. The molecule has 0 saturated heterocycles. The monoisotopic (exact) mass is 363 g/mol. The highest BCUT2D eigenvalue weighted by Gasteiger charge is 2.11. The third kappa shape index (κ3) is 4.56. The lowest BCUT2D eigenvalue weighted by Crippen LogP contribution is -2.13. The minimum Gasteiger partial charge on any atom is -0.489 e. The van der Waals surface area contributed by atoms with Crippen molar-refractivity contribution in [2.45, 2.75) is 33.3 Å². The third-order valence-electron chi connectivity index (χ3n) is 4.62. The first-order valence-corrected chi connectivity index (χ1v) is 9.05. The number of ether oxygens (including phenoxy) is 1. The fraction of sp³-hybridized carbons (Fsp3) is 0.273. The zero-order valence-electron chi connectivity index (χ0n) is 16.2.